The number of carbonyl (C=O) groups is 3. The Hall–Kier alpha value is -4.13. The van der Waals surface area contributed by atoms with Crippen LogP contribution in [0.4, 0.5) is 10.1 Å². The molecule has 0 bridgehead atoms. The maximum absolute atomic E-state index is 13.0. The first kappa shape index (κ1) is 26.5. The third kappa shape index (κ3) is 6.50. The fourth-order valence-electron chi connectivity index (χ4n) is 3.99. The van der Waals surface area contributed by atoms with Crippen molar-refractivity contribution in [3.05, 3.63) is 53.8 Å². The van der Waals surface area contributed by atoms with E-state index in [0.717, 1.165) is 19.3 Å². The van der Waals surface area contributed by atoms with Gasteiger partial charge in [-0.15, -0.1) is 0 Å². The molecule has 1 saturated carbocycles. The molecule has 190 valence electrons. The van der Waals surface area contributed by atoms with Crippen LogP contribution in [0, 0.1) is 17.1 Å². The number of nitriles is 1. The number of likely N-dealkylation sites (N-methyl/N-ethyl adjacent to an activating group) is 1. The average molecular weight is 498 g/mol. The maximum atomic E-state index is 13.0. The molecule has 0 aliphatic heterocycles. The number of ether oxygens (including phenoxy) is 3. The summed E-state index contributed by atoms with van der Waals surface area (Å²) in [6.07, 6.45) is 3.96. The molecule has 3 rings (SSSR count). The lowest BCUT2D eigenvalue weighted by atomic mass is 9.81. The van der Waals surface area contributed by atoms with E-state index in [1.165, 1.54) is 54.5 Å². The van der Waals surface area contributed by atoms with Crippen LogP contribution in [0.15, 0.2) is 42.5 Å². The highest BCUT2D eigenvalue weighted by atomic mass is 19.1. The van der Waals surface area contributed by atoms with Gasteiger partial charge in [-0.2, -0.15) is 5.26 Å². The first-order chi connectivity index (χ1) is 17.3. The normalized spacial score (nSPS) is 14.2. The second-order valence-corrected chi connectivity index (χ2v) is 8.44. The van der Waals surface area contributed by atoms with Gasteiger partial charge in [0.1, 0.15) is 11.4 Å². The van der Waals surface area contributed by atoms with Gasteiger partial charge < -0.3 is 24.4 Å². The molecule has 1 aliphatic rings. The molecule has 1 aliphatic carbocycles. The second kappa shape index (κ2) is 12.0. The van der Waals surface area contributed by atoms with Gasteiger partial charge in [0.25, 0.3) is 11.8 Å². The standard InChI is InChI=1S/C26H28FN3O6/c1-30(26(17-28)12-4-3-5-13-26)24(32)16-36-25(33)18-6-11-21(22(14-18)34-2)35-15-23(31)29-20-9-7-19(27)8-10-20/h6-11,14H,3-5,12-13,15-16H2,1-2H3,(H,29,31). The van der Waals surface area contributed by atoms with Crippen LogP contribution in [-0.4, -0.2) is 55.6 Å². The van der Waals surface area contributed by atoms with Crippen LogP contribution in [0.25, 0.3) is 0 Å². The number of halogens is 1. The van der Waals surface area contributed by atoms with Crippen LogP contribution in [-0.2, 0) is 14.3 Å². The van der Waals surface area contributed by atoms with Crippen molar-refractivity contribution in [2.75, 3.05) is 32.7 Å². The minimum absolute atomic E-state index is 0.123. The summed E-state index contributed by atoms with van der Waals surface area (Å²) in [4.78, 5) is 38.6. The fraction of sp³-hybridized carbons (Fsp3) is 0.385. The Balaban J connectivity index is 1.55. The molecule has 0 spiro atoms. The predicted molar refractivity (Wildman–Crippen MR) is 128 cm³/mol. The Bertz CT molecular complexity index is 1140. The van der Waals surface area contributed by atoms with E-state index < -0.39 is 35.7 Å². The molecule has 0 saturated heterocycles. The molecule has 1 N–H and O–H groups in total. The van der Waals surface area contributed by atoms with Gasteiger partial charge in [0.15, 0.2) is 24.7 Å². The highest BCUT2D eigenvalue weighted by Gasteiger charge is 2.39. The summed E-state index contributed by atoms with van der Waals surface area (Å²) in [5.41, 5.74) is -0.329. The molecule has 9 nitrogen and oxygen atoms in total. The van der Waals surface area contributed by atoms with Crippen molar-refractivity contribution < 1.29 is 33.0 Å². The van der Waals surface area contributed by atoms with Gasteiger partial charge in [0.05, 0.1) is 18.7 Å². The second-order valence-electron chi connectivity index (χ2n) is 8.44. The number of rotatable bonds is 9. The van der Waals surface area contributed by atoms with Gasteiger partial charge in [0.2, 0.25) is 0 Å². The number of hydrogen-bond acceptors (Lipinski definition) is 7. The van der Waals surface area contributed by atoms with Gasteiger partial charge >= 0.3 is 5.97 Å². The number of esters is 1. The lowest BCUT2D eigenvalue weighted by Crippen LogP contribution is -2.51. The monoisotopic (exact) mass is 497 g/mol. The van der Waals surface area contributed by atoms with Crippen LogP contribution in [0.5, 0.6) is 11.5 Å². The highest BCUT2D eigenvalue weighted by molar-refractivity contribution is 5.93. The third-order valence-electron chi connectivity index (χ3n) is 6.12. The molecule has 0 heterocycles. The number of benzene rings is 2. The number of nitrogens with one attached hydrogen (secondary N) is 1. The van der Waals surface area contributed by atoms with E-state index in [2.05, 4.69) is 11.4 Å². The number of amides is 2. The summed E-state index contributed by atoms with van der Waals surface area (Å²) < 4.78 is 28.9. The summed E-state index contributed by atoms with van der Waals surface area (Å²) >= 11 is 0. The third-order valence-corrected chi connectivity index (χ3v) is 6.12. The van der Waals surface area contributed by atoms with E-state index in [-0.39, 0.29) is 23.7 Å². The van der Waals surface area contributed by atoms with E-state index in [1.54, 1.807) is 7.05 Å². The smallest absolute Gasteiger partial charge is 0.338 e. The van der Waals surface area contributed by atoms with Crippen molar-refractivity contribution in [3.63, 3.8) is 0 Å². The van der Waals surface area contributed by atoms with Crippen molar-refractivity contribution in [1.82, 2.24) is 4.90 Å². The summed E-state index contributed by atoms with van der Waals surface area (Å²) in [7, 11) is 2.94. The van der Waals surface area contributed by atoms with Gasteiger partial charge in [-0.3, -0.25) is 9.59 Å². The number of hydrogen-bond donors (Lipinski definition) is 1. The SMILES string of the molecule is COc1cc(C(=O)OCC(=O)N(C)C2(C#N)CCCCC2)ccc1OCC(=O)Nc1ccc(F)cc1. The zero-order chi connectivity index (χ0) is 26.1. The molecule has 36 heavy (non-hydrogen) atoms. The van der Waals surface area contributed by atoms with Crippen molar-refractivity contribution in [3.8, 4) is 17.6 Å². The van der Waals surface area contributed by atoms with Crippen LogP contribution in [0.2, 0.25) is 0 Å². The van der Waals surface area contributed by atoms with Crippen molar-refractivity contribution in [2.24, 2.45) is 0 Å². The Morgan fingerprint density at radius 2 is 1.75 bits per heavy atom. The molecule has 10 heteroatoms. The van der Waals surface area contributed by atoms with Gasteiger partial charge in [-0.1, -0.05) is 19.3 Å². The van der Waals surface area contributed by atoms with Crippen molar-refractivity contribution in [2.45, 2.75) is 37.6 Å². The summed E-state index contributed by atoms with van der Waals surface area (Å²) in [6.45, 7) is -0.845. The van der Waals surface area contributed by atoms with Gasteiger partial charge in [0, 0.05) is 12.7 Å². The Kier molecular flexibility index (Phi) is 8.84. The molecule has 0 unspecified atom stereocenters. The largest absolute Gasteiger partial charge is 0.493 e. The van der Waals surface area contributed by atoms with Gasteiger partial charge in [-0.05, 0) is 55.3 Å². The summed E-state index contributed by atoms with van der Waals surface area (Å²) in [5.74, 6) is -1.68. The Morgan fingerprint density at radius 3 is 2.39 bits per heavy atom. The summed E-state index contributed by atoms with van der Waals surface area (Å²) in [6, 6.07) is 11.8. The van der Waals surface area contributed by atoms with Crippen LogP contribution in [0.1, 0.15) is 42.5 Å². The minimum Gasteiger partial charge on any atom is -0.493 e. The van der Waals surface area contributed by atoms with Crippen LogP contribution < -0.4 is 14.8 Å². The fourth-order valence-corrected chi connectivity index (χ4v) is 3.99. The topological polar surface area (TPSA) is 118 Å². The lowest BCUT2D eigenvalue weighted by Gasteiger charge is -2.38. The molecular weight excluding hydrogens is 469 g/mol. The van der Waals surface area contributed by atoms with E-state index in [9.17, 15) is 24.0 Å². The van der Waals surface area contributed by atoms with E-state index >= 15 is 0 Å². The minimum atomic E-state index is -0.868. The zero-order valence-electron chi connectivity index (χ0n) is 20.2. The molecule has 1 fully saturated rings. The molecule has 2 aromatic carbocycles. The maximum Gasteiger partial charge on any atom is 0.338 e. The van der Waals surface area contributed by atoms with Crippen molar-refractivity contribution in [1.29, 1.82) is 5.26 Å². The number of nitrogens with zero attached hydrogens (tertiary/aromatic N) is 2. The van der Waals surface area contributed by atoms with Crippen LogP contribution in [0.3, 0.4) is 0 Å². The number of anilines is 1. The van der Waals surface area contributed by atoms with E-state index in [1.807, 2.05) is 0 Å². The molecule has 0 radical (unpaired) electrons. The molecule has 0 aromatic heterocycles. The van der Waals surface area contributed by atoms with Crippen molar-refractivity contribution >= 4 is 23.5 Å². The number of carbonyl (C=O) groups excluding carboxylic acids is 3. The highest BCUT2D eigenvalue weighted by Crippen LogP contribution is 2.32. The average Bonchev–Trinajstić information content (AvgIpc) is 2.91. The Morgan fingerprint density at radius 1 is 1.06 bits per heavy atom. The Labute approximate surface area is 208 Å². The zero-order valence-corrected chi connectivity index (χ0v) is 20.2. The molecule has 2 aromatic rings. The number of methoxy groups -OCH3 is 1. The first-order valence-electron chi connectivity index (χ1n) is 11.5. The van der Waals surface area contributed by atoms with E-state index in [0.29, 0.717) is 18.5 Å². The van der Waals surface area contributed by atoms with E-state index in [4.69, 9.17) is 14.2 Å². The quantitative estimate of drug-likeness (QED) is 0.525. The molecule has 2 amide bonds. The van der Waals surface area contributed by atoms with Crippen LogP contribution >= 0.6 is 0 Å². The molecular formula is C26H28FN3O6. The molecule has 0 atom stereocenters. The van der Waals surface area contributed by atoms with Gasteiger partial charge in [-0.25, -0.2) is 9.18 Å². The lowest BCUT2D eigenvalue weighted by molar-refractivity contribution is -0.138. The first-order valence-corrected chi connectivity index (χ1v) is 11.5. The summed E-state index contributed by atoms with van der Waals surface area (Å²) in [5, 5.41) is 12.2. The predicted octanol–water partition coefficient (Wildman–Crippen LogP) is 3.69.